The van der Waals surface area contributed by atoms with Crippen LogP contribution in [0.4, 0.5) is 10.9 Å². The first-order valence-electron chi connectivity index (χ1n) is 11.0. The lowest BCUT2D eigenvalue weighted by molar-refractivity contribution is -0.120. The molecule has 1 saturated heterocycles. The molecule has 1 aliphatic rings. The van der Waals surface area contributed by atoms with Gasteiger partial charge in [0.15, 0.2) is 0 Å². The van der Waals surface area contributed by atoms with Crippen LogP contribution in [0.15, 0.2) is 54.9 Å². The van der Waals surface area contributed by atoms with Gasteiger partial charge < -0.3 is 15.0 Å². The van der Waals surface area contributed by atoms with E-state index in [1.165, 1.54) is 11.3 Å². The summed E-state index contributed by atoms with van der Waals surface area (Å²) in [6.07, 6.45) is 3.47. The van der Waals surface area contributed by atoms with E-state index in [1.54, 1.807) is 31.5 Å². The summed E-state index contributed by atoms with van der Waals surface area (Å²) in [5.41, 5.74) is 1.37. The van der Waals surface area contributed by atoms with Gasteiger partial charge in [0.2, 0.25) is 11.9 Å². The first kappa shape index (κ1) is 22.9. The summed E-state index contributed by atoms with van der Waals surface area (Å²) >= 11 is 1.38. The zero-order valence-electron chi connectivity index (χ0n) is 18.7. The molecule has 2 aromatic heterocycles. The van der Waals surface area contributed by atoms with Crippen LogP contribution in [0.1, 0.15) is 24.2 Å². The molecule has 1 atom stereocenters. The number of nitrogens with one attached hydrogen (secondary N) is 1. The molecule has 33 heavy (non-hydrogen) atoms. The molecule has 0 aliphatic carbocycles. The zero-order chi connectivity index (χ0) is 23.2. The summed E-state index contributed by atoms with van der Waals surface area (Å²) in [5, 5.41) is 3.49. The van der Waals surface area contributed by atoms with Gasteiger partial charge >= 0.3 is 5.97 Å². The second-order valence-electron chi connectivity index (χ2n) is 7.68. The highest BCUT2D eigenvalue weighted by molar-refractivity contribution is 7.20. The SMILES string of the molecule is CCOC(=O)c1cc(-c2ccccc2)sc1NC(=O)C(C)N1CCN(c2ncccn2)CC1. The zero-order valence-corrected chi connectivity index (χ0v) is 19.5. The minimum Gasteiger partial charge on any atom is -0.462 e. The van der Waals surface area contributed by atoms with Gasteiger partial charge in [-0.1, -0.05) is 30.3 Å². The second kappa shape index (κ2) is 10.5. The number of esters is 1. The molecule has 1 fully saturated rings. The quantitative estimate of drug-likeness (QED) is 0.534. The highest BCUT2D eigenvalue weighted by Gasteiger charge is 2.28. The Morgan fingerprint density at radius 2 is 1.79 bits per heavy atom. The van der Waals surface area contributed by atoms with Crippen molar-refractivity contribution in [3.63, 3.8) is 0 Å². The number of nitrogens with zero attached hydrogens (tertiary/aromatic N) is 4. The predicted octanol–water partition coefficient (Wildman–Crippen LogP) is 3.53. The highest BCUT2D eigenvalue weighted by Crippen LogP contribution is 2.36. The van der Waals surface area contributed by atoms with Crippen LogP contribution < -0.4 is 10.2 Å². The molecule has 1 unspecified atom stereocenters. The molecule has 1 amide bonds. The van der Waals surface area contributed by atoms with Gasteiger partial charge in [-0.25, -0.2) is 14.8 Å². The van der Waals surface area contributed by atoms with Crippen molar-refractivity contribution in [2.24, 2.45) is 0 Å². The number of carbonyl (C=O) groups excluding carboxylic acids is 2. The van der Waals surface area contributed by atoms with Crippen molar-refractivity contribution < 1.29 is 14.3 Å². The van der Waals surface area contributed by atoms with Crippen molar-refractivity contribution in [1.82, 2.24) is 14.9 Å². The average molecular weight is 466 g/mol. The molecule has 0 saturated carbocycles. The fourth-order valence-electron chi connectivity index (χ4n) is 3.73. The van der Waals surface area contributed by atoms with Crippen LogP contribution in [0.2, 0.25) is 0 Å². The number of carbonyl (C=O) groups is 2. The van der Waals surface area contributed by atoms with Crippen molar-refractivity contribution in [3.05, 3.63) is 60.4 Å². The lowest BCUT2D eigenvalue weighted by Gasteiger charge is -2.37. The van der Waals surface area contributed by atoms with Crippen LogP contribution in [0.25, 0.3) is 10.4 Å². The van der Waals surface area contributed by atoms with Crippen molar-refractivity contribution >= 4 is 34.2 Å². The Balaban J connectivity index is 1.45. The van der Waals surface area contributed by atoms with Crippen LogP contribution in [0, 0.1) is 0 Å². The van der Waals surface area contributed by atoms with Gasteiger partial charge in [0.1, 0.15) is 5.00 Å². The van der Waals surface area contributed by atoms with Crippen LogP contribution in [0.5, 0.6) is 0 Å². The third-order valence-corrected chi connectivity index (χ3v) is 6.70. The first-order valence-corrected chi connectivity index (χ1v) is 11.8. The molecule has 0 bridgehead atoms. The lowest BCUT2D eigenvalue weighted by atomic mass is 10.1. The number of ether oxygens (including phenoxy) is 1. The maximum Gasteiger partial charge on any atom is 0.341 e. The van der Waals surface area contributed by atoms with Gasteiger partial charge in [0, 0.05) is 43.4 Å². The number of piperazine rings is 1. The largest absolute Gasteiger partial charge is 0.462 e. The summed E-state index contributed by atoms with van der Waals surface area (Å²) in [6.45, 7) is 6.85. The van der Waals surface area contributed by atoms with E-state index in [0.29, 0.717) is 16.5 Å². The van der Waals surface area contributed by atoms with Crippen molar-refractivity contribution in [1.29, 1.82) is 0 Å². The summed E-state index contributed by atoms with van der Waals surface area (Å²) in [4.78, 5) is 39.4. The first-order chi connectivity index (χ1) is 16.1. The molecule has 1 aromatic carbocycles. The van der Waals surface area contributed by atoms with Gasteiger partial charge in [-0.2, -0.15) is 0 Å². The average Bonchev–Trinajstić information content (AvgIpc) is 3.29. The summed E-state index contributed by atoms with van der Waals surface area (Å²) in [6, 6.07) is 13.0. The van der Waals surface area contributed by atoms with E-state index in [0.717, 1.165) is 36.6 Å². The standard InChI is InChI=1S/C24H27N5O3S/c1-3-32-23(31)19-16-20(18-8-5-4-6-9-18)33-22(19)27-21(30)17(2)28-12-14-29(15-13-28)24-25-10-7-11-26-24/h4-11,16-17H,3,12-15H2,1-2H3,(H,27,30). The van der Waals surface area contributed by atoms with E-state index in [9.17, 15) is 9.59 Å². The Labute approximate surface area is 197 Å². The smallest absolute Gasteiger partial charge is 0.341 e. The molecule has 9 heteroatoms. The second-order valence-corrected chi connectivity index (χ2v) is 8.73. The Hall–Kier alpha value is -3.30. The van der Waals surface area contributed by atoms with E-state index < -0.39 is 5.97 Å². The Morgan fingerprint density at radius 3 is 2.45 bits per heavy atom. The molecule has 0 radical (unpaired) electrons. The summed E-state index contributed by atoms with van der Waals surface area (Å²) in [7, 11) is 0. The van der Waals surface area contributed by atoms with Gasteiger partial charge in [0.25, 0.3) is 0 Å². The number of amides is 1. The van der Waals surface area contributed by atoms with Crippen molar-refractivity contribution in [2.75, 3.05) is 43.0 Å². The molecular formula is C24H27N5O3S. The number of thiophene rings is 1. The molecule has 3 heterocycles. The lowest BCUT2D eigenvalue weighted by Crippen LogP contribution is -2.53. The number of aromatic nitrogens is 2. The maximum absolute atomic E-state index is 13.1. The highest BCUT2D eigenvalue weighted by atomic mass is 32.1. The number of benzene rings is 1. The van der Waals surface area contributed by atoms with Gasteiger partial charge in [0.05, 0.1) is 18.2 Å². The molecular weight excluding hydrogens is 438 g/mol. The van der Waals surface area contributed by atoms with E-state index in [4.69, 9.17) is 4.74 Å². The number of hydrogen-bond acceptors (Lipinski definition) is 8. The molecule has 172 valence electrons. The van der Waals surface area contributed by atoms with Crippen LogP contribution in [0.3, 0.4) is 0 Å². The number of hydrogen-bond donors (Lipinski definition) is 1. The predicted molar refractivity (Wildman–Crippen MR) is 130 cm³/mol. The van der Waals surface area contributed by atoms with E-state index >= 15 is 0 Å². The number of anilines is 2. The summed E-state index contributed by atoms with van der Waals surface area (Å²) in [5.74, 6) is 0.127. The maximum atomic E-state index is 13.1. The van der Waals surface area contributed by atoms with Crippen molar-refractivity contribution in [3.8, 4) is 10.4 Å². The Bertz CT molecular complexity index is 1080. The Kier molecular flexibility index (Phi) is 7.31. The topological polar surface area (TPSA) is 87.7 Å². The molecule has 1 aliphatic heterocycles. The van der Waals surface area contributed by atoms with Crippen LogP contribution >= 0.6 is 11.3 Å². The van der Waals surface area contributed by atoms with Crippen LogP contribution in [-0.4, -0.2) is 65.6 Å². The molecule has 3 aromatic rings. The van der Waals surface area contributed by atoms with E-state index in [1.807, 2.05) is 37.3 Å². The summed E-state index contributed by atoms with van der Waals surface area (Å²) < 4.78 is 5.22. The third kappa shape index (κ3) is 5.37. The minimum absolute atomic E-state index is 0.147. The molecule has 8 nitrogen and oxygen atoms in total. The fourth-order valence-corrected chi connectivity index (χ4v) is 4.79. The Morgan fingerprint density at radius 1 is 1.09 bits per heavy atom. The van der Waals surface area contributed by atoms with Gasteiger partial charge in [-0.15, -0.1) is 11.3 Å². The van der Waals surface area contributed by atoms with Crippen LogP contribution in [-0.2, 0) is 9.53 Å². The normalized spacial score (nSPS) is 15.2. The molecule has 0 spiro atoms. The molecule has 4 rings (SSSR count). The van der Waals surface area contributed by atoms with E-state index in [-0.39, 0.29) is 18.6 Å². The minimum atomic E-state index is -0.435. The monoisotopic (exact) mass is 465 g/mol. The van der Waals surface area contributed by atoms with E-state index in [2.05, 4.69) is 25.1 Å². The third-order valence-electron chi connectivity index (χ3n) is 5.60. The fraction of sp³-hybridized carbons (Fsp3) is 0.333. The molecule has 1 N–H and O–H groups in total. The van der Waals surface area contributed by atoms with Crippen molar-refractivity contribution in [2.45, 2.75) is 19.9 Å². The number of rotatable bonds is 7. The van der Waals surface area contributed by atoms with Gasteiger partial charge in [-0.05, 0) is 31.5 Å². The van der Waals surface area contributed by atoms with Gasteiger partial charge in [-0.3, -0.25) is 9.69 Å².